The molecule has 1 aromatic heterocycles. The third kappa shape index (κ3) is 3.34. The number of hydrogen-bond donors (Lipinski definition) is 2. The van der Waals surface area contributed by atoms with Gasteiger partial charge in [0.05, 0.1) is 18.9 Å². The Hall–Kier alpha value is -1.27. The maximum absolute atomic E-state index is 5.84. The lowest BCUT2D eigenvalue weighted by Gasteiger charge is -2.29. The van der Waals surface area contributed by atoms with Crippen molar-refractivity contribution in [3.05, 3.63) is 6.20 Å². The molecule has 0 amide bonds. The third-order valence-corrected chi connectivity index (χ3v) is 2.88. The summed E-state index contributed by atoms with van der Waals surface area (Å²) in [5.41, 5.74) is 6.54. The lowest BCUT2D eigenvalue weighted by atomic mass is 10.3. The molecule has 0 radical (unpaired) electrons. The van der Waals surface area contributed by atoms with Crippen LogP contribution in [0.2, 0.25) is 0 Å². The Balaban J connectivity index is 1.83. The molecule has 17 heavy (non-hydrogen) atoms. The molecular weight excluding hydrogens is 218 g/mol. The number of rotatable bonds is 4. The minimum absolute atomic E-state index is 0.324. The van der Waals surface area contributed by atoms with E-state index in [1.54, 1.807) is 4.68 Å². The normalized spacial score (nSPS) is 19.2. The summed E-state index contributed by atoms with van der Waals surface area (Å²) in [6, 6.07) is 0.324. The summed E-state index contributed by atoms with van der Waals surface area (Å²) >= 11 is 0. The van der Waals surface area contributed by atoms with Crippen molar-refractivity contribution < 1.29 is 4.74 Å². The van der Waals surface area contributed by atoms with Crippen molar-refractivity contribution in [2.24, 2.45) is 7.05 Å². The first-order valence-electron chi connectivity index (χ1n) is 6.01. The molecule has 6 nitrogen and oxygen atoms in total. The van der Waals surface area contributed by atoms with Gasteiger partial charge in [-0.05, 0) is 6.92 Å². The Morgan fingerprint density at radius 1 is 1.53 bits per heavy atom. The van der Waals surface area contributed by atoms with Gasteiger partial charge in [-0.3, -0.25) is 9.58 Å². The molecule has 0 aliphatic carbocycles. The van der Waals surface area contributed by atoms with E-state index in [0.717, 1.165) is 38.7 Å². The smallest absolute Gasteiger partial charge is 0.171 e. The van der Waals surface area contributed by atoms with Crippen molar-refractivity contribution in [3.63, 3.8) is 0 Å². The van der Waals surface area contributed by atoms with E-state index in [1.165, 1.54) is 0 Å². The number of hydrogen-bond acceptors (Lipinski definition) is 5. The predicted molar refractivity (Wildman–Crippen MR) is 68.0 cm³/mol. The first-order valence-corrected chi connectivity index (χ1v) is 6.01. The van der Waals surface area contributed by atoms with Crippen LogP contribution in [-0.2, 0) is 11.8 Å². The fourth-order valence-electron chi connectivity index (χ4n) is 2.07. The van der Waals surface area contributed by atoms with Crippen LogP contribution in [0.3, 0.4) is 0 Å². The molecule has 2 heterocycles. The van der Waals surface area contributed by atoms with Gasteiger partial charge in [0, 0.05) is 38.9 Å². The molecular formula is C11H21N5O. The topological polar surface area (TPSA) is 68.3 Å². The zero-order chi connectivity index (χ0) is 12.3. The summed E-state index contributed by atoms with van der Waals surface area (Å²) in [7, 11) is 1.87. The largest absolute Gasteiger partial charge is 0.394 e. The lowest BCUT2D eigenvalue weighted by Crippen LogP contribution is -2.42. The molecule has 1 saturated heterocycles. The molecule has 6 heteroatoms. The van der Waals surface area contributed by atoms with Crippen molar-refractivity contribution >= 4 is 11.5 Å². The maximum Gasteiger partial charge on any atom is 0.171 e. The van der Waals surface area contributed by atoms with E-state index in [2.05, 4.69) is 22.2 Å². The Kier molecular flexibility index (Phi) is 3.86. The van der Waals surface area contributed by atoms with E-state index in [-0.39, 0.29) is 0 Å². The Labute approximate surface area is 102 Å². The summed E-state index contributed by atoms with van der Waals surface area (Å²) in [5.74, 6) is 0.772. The SMILES string of the molecule is CC(CN1CCOCC1)Nc1nn(C)cc1N. The van der Waals surface area contributed by atoms with Crippen molar-refractivity contribution in [2.45, 2.75) is 13.0 Å². The van der Waals surface area contributed by atoms with Crippen LogP contribution in [0.25, 0.3) is 0 Å². The van der Waals surface area contributed by atoms with Gasteiger partial charge in [0.25, 0.3) is 0 Å². The monoisotopic (exact) mass is 239 g/mol. The average molecular weight is 239 g/mol. The van der Waals surface area contributed by atoms with Crippen LogP contribution in [-0.4, -0.2) is 53.6 Å². The molecule has 2 rings (SSSR count). The Morgan fingerprint density at radius 2 is 2.24 bits per heavy atom. The summed E-state index contributed by atoms with van der Waals surface area (Å²) < 4.78 is 7.05. The van der Waals surface area contributed by atoms with Gasteiger partial charge in [0.15, 0.2) is 5.82 Å². The third-order valence-electron chi connectivity index (χ3n) is 2.88. The number of ether oxygens (including phenoxy) is 1. The second-order valence-electron chi connectivity index (χ2n) is 4.57. The van der Waals surface area contributed by atoms with Crippen LogP contribution in [0.4, 0.5) is 11.5 Å². The number of aromatic nitrogens is 2. The van der Waals surface area contributed by atoms with Crippen molar-refractivity contribution in [1.82, 2.24) is 14.7 Å². The molecule has 0 aromatic carbocycles. The van der Waals surface area contributed by atoms with Gasteiger partial charge in [-0.15, -0.1) is 0 Å². The summed E-state index contributed by atoms with van der Waals surface area (Å²) in [4.78, 5) is 2.39. The summed E-state index contributed by atoms with van der Waals surface area (Å²) in [5, 5.41) is 7.62. The van der Waals surface area contributed by atoms with Gasteiger partial charge in [0.2, 0.25) is 0 Å². The number of aryl methyl sites for hydroxylation is 1. The number of nitrogen functional groups attached to an aromatic ring is 1. The Morgan fingerprint density at radius 3 is 2.82 bits per heavy atom. The van der Waals surface area contributed by atoms with Crippen LogP contribution in [0.1, 0.15) is 6.92 Å². The van der Waals surface area contributed by atoms with E-state index < -0.39 is 0 Å². The van der Waals surface area contributed by atoms with Crippen LogP contribution < -0.4 is 11.1 Å². The zero-order valence-corrected chi connectivity index (χ0v) is 10.5. The molecule has 1 aromatic rings. The number of nitrogens with zero attached hydrogens (tertiary/aromatic N) is 3. The predicted octanol–water partition coefficient (Wildman–Crippen LogP) is 0.135. The van der Waals surface area contributed by atoms with Crippen molar-refractivity contribution in [3.8, 4) is 0 Å². The van der Waals surface area contributed by atoms with E-state index in [4.69, 9.17) is 10.5 Å². The van der Waals surface area contributed by atoms with Crippen molar-refractivity contribution in [1.29, 1.82) is 0 Å². The fourth-order valence-corrected chi connectivity index (χ4v) is 2.07. The molecule has 0 spiro atoms. The molecule has 96 valence electrons. The second kappa shape index (κ2) is 5.37. The second-order valence-corrected chi connectivity index (χ2v) is 4.57. The highest BCUT2D eigenvalue weighted by Crippen LogP contribution is 2.15. The van der Waals surface area contributed by atoms with E-state index in [0.29, 0.717) is 11.7 Å². The van der Waals surface area contributed by atoms with Crippen LogP contribution in [0.15, 0.2) is 6.20 Å². The first-order chi connectivity index (χ1) is 8.15. The number of morpholine rings is 1. The average Bonchev–Trinajstić information content (AvgIpc) is 2.58. The van der Waals surface area contributed by atoms with Crippen LogP contribution in [0.5, 0.6) is 0 Å². The van der Waals surface area contributed by atoms with E-state index in [9.17, 15) is 0 Å². The standard InChI is InChI=1S/C11H21N5O/c1-9(7-16-3-5-17-6-4-16)13-11-10(12)8-15(2)14-11/h8-9H,3-7,12H2,1-2H3,(H,13,14). The number of nitrogens with two attached hydrogens (primary N) is 1. The quantitative estimate of drug-likeness (QED) is 0.782. The van der Waals surface area contributed by atoms with Crippen LogP contribution in [0, 0.1) is 0 Å². The molecule has 1 aliphatic heterocycles. The van der Waals surface area contributed by atoms with Gasteiger partial charge in [-0.1, -0.05) is 0 Å². The number of anilines is 2. The van der Waals surface area contributed by atoms with Gasteiger partial charge < -0.3 is 15.8 Å². The molecule has 0 bridgehead atoms. The lowest BCUT2D eigenvalue weighted by molar-refractivity contribution is 0.0368. The highest BCUT2D eigenvalue weighted by atomic mass is 16.5. The minimum Gasteiger partial charge on any atom is -0.394 e. The first kappa shape index (κ1) is 12.2. The maximum atomic E-state index is 5.84. The zero-order valence-electron chi connectivity index (χ0n) is 10.5. The molecule has 1 fully saturated rings. The summed E-state index contributed by atoms with van der Waals surface area (Å²) in [6.07, 6.45) is 1.81. The van der Waals surface area contributed by atoms with Crippen LogP contribution >= 0.6 is 0 Å². The van der Waals surface area contributed by atoms with Gasteiger partial charge in [0.1, 0.15) is 0 Å². The van der Waals surface area contributed by atoms with Crippen molar-refractivity contribution in [2.75, 3.05) is 43.9 Å². The molecule has 1 unspecified atom stereocenters. The van der Waals surface area contributed by atoms with E-state index in [1.807, 2.05) is 13.2 Å². The van der Waals surface area contributed by atoms with Gasteiger partial charge in [-0.25, -0.2) is 0 Å². The molecule has 3 N–H and O–H groups in total. The van der Waals surface area contributed by atoms with Gasteiger partial charge >= 0.3 is 0 Å². The number of nitrogens with one attached hydrogen (secondary N) is 1. The molecule has 1 aliphatic rings. The van der Waals surface area contributed by atoms with Gasteiger partial charge in [-0.2, -0.15) is 5.10 Å². The fraction of sp³-hybridized carbons (Fsp3) is 0.727. The van der Waals surface area contributed by atoms with E-state index >= 15 is 0 Å². The molecule has 0 saturated carbocycles. The Bertz CT molecular complexity index is 359. The highest BCUT2D eigenvalue weighted by molar-refractivity contribution is 5.60. The minimum atomic E-state index is 0.324. The molecule has 1 atom stereocenters. The highest BCUT2D eigenvalue weighted by Gasteiger charge is 2.15. The summed E-state index contributed by atoms with van der Waals surface area (Å²) in [6.45, 7) is 6.80.